The summed E-state index contributed by atoms with van der Waals surface area (Å²) in [5.41, 5.74) is 0. The smallest absolute Gasteiger partial charge is 0.307 e. The van der Waals surface area contributed by atoms with Gasteiger partial charge in [-0.2, -0.15) is 0 Å². The van der Waals surface area contributed by atoms with Crippen LogP contribution in [0.2, 0.25) is 0 Å². The Labute approximate surface area is 63.3 Å². The molecule has 0 saturated heterocycles. The average Bonchev–Trinajstić information content (AvgIpc) is 2.60. The van der Waals surface area contributed by atoms with E-state index in [4.69, 9.17) is 5.11 Å². The van der Waals surface area contributed by atoms with Crippen molar-refractivity contribution in [2.24, 2.45) is 5.92 Å². The van der Waals surface area contributed by atoms with E-state index in [1.807, 2.05) is 0 Å². The van der Waals surface area contributed by atoms with Crippen LogP contribution >= 0.6 is 0 Å². The van der Waals surface area contributed by atoms with Gasteiger partial charge in [0, 0.05) is 18.3 Å². The number of carbonyl (C=O) groups is 1. The van der Waals surface area contributed by atoms with Gasteiger partial charge in [-0.1, -0.05) is 0 Å². The molecule has 0 amide bonds. The summed E-state index contributed by atoms with van der Waals surface area (Å²) in [5, 5.41) is 8.58. The molecule has 1 aromatic rings. The van der Waals surface area contributed by atoms with Crippen molar-refractivity contribution >= 4 is 5.97 Å². The maximum absolute atomic E-state index is 10.4. The Bertz CT molecular complexity index is 268. The number of carboxylic acids is 1. The molecule has 11 heavy (non-hydrogen) atoms. The Morgan fingerprint density at radius 1 is 1.82 bits per heavy atom. The lowest BCUT2D eigenvalue weighted by molar-refractivity contribution is -0.138. The minimum atomic E-state index is -0.716. The van der Waals surface area contributed by atoms with Gasteiger partial charge >= 0.3 is 5.97 Å². The zero-order valence-corrected chi connectivity index (χ0v) is 5.82. The van der Waals surface area contributed by atoms with Crippen LogP contribution in [0.4, 0.5) is 0 Å². The fraction of sp³-hybridized carbons (Fsp3) is 0.429. The van der Waals surface area contributed by atoms with E-state index in [1.165, 1.54) is 0 Å². The van der Waals surface area contributed by atoms with E-state index in [1.54, 1.807) is 12.4 Å². The molecule has 0 bridgehead atoms. The molecular weight excluding hydrogens is 144 g/mol. The average molecular weight is 152 g/mol. The van der Waals surface area contributed by atoms with E-state index in [0.717, 1.165) is 12.2 Å². The van der Waals surface area contributed by atoms with Crippen LogP contribution < -0.4 is 0 Å². The van der Waals surface area contributed by atoms with Gasteiger partial charge in [0.05, 0.1) is 5.92 Å². The van der Waals surface area contributed by atoms with Gasteiger partial charge < -0.3 is 10.1 Å². The molecule has 2 unspecified atom stereocenters. The number of aromatic amines is 1. The van der Waals surface area contributed by atoms with Gasteiger partial charge in [-0.05, 0) is 6.42 Å². The largest absolute Gasteiger partial charge is 0.481 e. The van der Waals surface area contributed by atoms with Crippen molar-refractivity contribution in [2.75, 3.05) is 0 Å². The number of carboxylic acid groups (broad SMARTS) is 1. The van der Waals surface area contributed by atoms with Crippen LogP contribution in [0.15, 0.2) is 12.4 Å². The molecule has 2 N–H and O–H groups in total. The predicted octanol–water partition coefficient (Wildman–Crippen LogP) is 0.598. The van der Waals surface area contributed by atoms with Crippen molar-refractivity contribution in [1.82, 2.24) is 9.97 Å². The van der Waals surface area contributed by atoms with Crippen molar-refractivity contribution in [1.29, 1.82) is 0 Å². The quantitative estimate of drug-likeness (QED) is 0.652. The summed E-state index contributed by atoms with van der Waals surface area (Å²) in [7, 11) is 0. The zero-order chi connectivity index (χ0) is 7.84. The van der Waals surface area contributed by atoms with Crippen LogP contribution in [0, 0.1) is 5.92 Å². The molecule has 1 saturated carbocycles. The van der Waals surface area contributed by atoms with Crippen LogP contribution in [0.3, 0.4) is 0 Å². The van der Waals surface area contributed by atoms with Crippen molar-refractivity contribution in [2.45, 2.75) is 12.3 Å². The Balaban J connectivity index is 2.08. The van der Waals surface area contributed by atoms with Crippen molar-refractivity contribution in [3.63, 3.8) is 0 Å². The van der Waals surface area contributed by atoms with Gasteiger partial charge in [0.2, 0.25) is 0 Å². The highest BCUT2D eigenvalue weighted by Crippen LogP contribution is 2.45. The first-order valence-corrected chi connectivity index (χ1v) is 3.51. The molecular formula is C7H8N2O2. The summed E-state index contributed by atoms with van der Waals surface area (Å²) in [6.45, 7) is 0. The summed E-state index contributed by atoms with van der Waals surface area (Å²) in [6, 6.07) is 0. The summed E-state index contributed by atoms with van der Waals surface area (Å²) in [6.07, 6.45) is 4.09. The molecule has 2 rings (SSSR count). The number of hydrogen-bond acceptors (Lipinski definition) is 2. The first kappa shape index (κ1) is 6.39. The molecule has 1 heterocycles. The van der Waals surface area contributed by atoms with E-state index >= 15 is 0 Å². The zero-order valence-electron chi connectivity index (χ0n) is 5.82. The predicted molar refractivity (Wildman–Crippen MR) is 37.1 cm³/mol. The van der Waals surface area contributed by atoms with Crippen molar-refractivity contribution in [3.8, 4) is 0 Å². The van der Waals surface area contributed by atoms with Gasteiger partial charge in [-0.15, -0.1) is 0 Å². The van der Waals surface area contributed by atoms with Crippen LogP contribution in [-0.4, -0.2) is 21.0 Å². The van der Waals surface area contributed by atoms with Gasteiger partial charge in [0.15, 0.2) is 0 Å². The Morgan fingerprint density at radius 2 is 2.64 bits per heavy atom. The van der Waals surface area contributed by atoms with Crippen LogP contribution in [-0.2, 0) is 4.79 Å². The summed E-state index contributed by atoms with van der Waals surface area (Å²) < 4.78 is 0. The molecule has 1 fully saturated rings. The van der Waals surface area contributed by atoms with Crippen LogP contribution in [0.5, 0.6) is 0 Å². The molecule has 0 spiro atoms. The number of imidazole rings is 1. The third-order valence-electron chi connectivity index (χ3n) is 1.98. The lowest BCUT2D eigenvalue weighted by atomic mass is 10.3. The standard InChI is InChI=1S/C7H8N2O2/c10-7(11)5-3-4(5)6-8-1-2-9-6/h1-2,4-5H,3H2,(H,8,9)(H,10,11). The highest BCUT2D eigenvalue weighted by atomic mass is 16.4. The second-order valence-electron chi connectivity index (χ2n) is 2.76. The molecule has 4 heteroatoms. The lowest BCUT2D eigenvalue weighted by Crippen LogP contribution is -1.99. The highest BCUT2D eigenvalue weighted by molar-refractivity contribution is 5.74. The number of aromatic nitrogens is 2. The molecule has 0 radical (unpaired) electrons. The normalized spacial score (nSPS) is 28.4. The number of hydrogen-bond donors (Lipinski definition) is 2. The topological polar surface area (TPSA) is 66.0 Å². The maximum Gasteiger partial charge on any atom is 0.307 e. The molecule has 58 valence electrons. The molecule has 1 aliphatic carbocycles. The second kappa shape index (κ2) is 2.08. The third-order valence-corrected chi connectivity index (χ3v) is 1.98. The number of rotatable bonds is 2. The number of H-pyrrole nitrogens is 1. The summed E-state index contributed by atoms with van der Waals surface area (Å²) in [4.78, 5) is 17.3. The molecule has 1 aliphatic rings. The summed E-state index contributed by atoms with van der Waals surface area (Å²) >= 11 is 0. The van der Waals surface area contributed by atoms with Gasteiger partial charge in [0.25, 0.3) is 0 Å². The van der Waals surface area contributed by atoms with Gasteiger partial charge in [0.1, 0.15) is 5.82 Å². The fourth-order valence-corrected chi connectivity index (χ4v) is 1.25. The number of nitrogens with one attached hydrogen (secondary N) is 1. The Morgan fingerprint density at radius 3 is 3.09 bits per heavy atom. The number of aliphatic carboxylic acids is 1. The first-order chi connectivity index (χ1) is 5.29. The summed E-state index contributed by atoms with van der Waals surface area (Å²) in [5.74, 6) is 0.00690. The van der Waals surface area contributed by atoms with E-state index in [-0.39, 0.29) is 11.8 Å². The molecule has 4 nitrogen and oxygen atoms in total. The minimum Gasteiger partial charge on any atom is -0.481 e. The molecule has 0 aromatic carbocycles. The molecule has 0 aliphatic heterocycles. The van der Waals surface area contributed by atoms with Crippen molar-refractivity contribution < 1.29 is 9.90 Å². The monoisotopic (exact) mass is 152 g/mol. The lowest BCUT2D eigenvalue weighted by Gasteiger charge is -1.88. The van der Waals surface area contributed by atoms with E-state index in [9.17, 15) is 4.79 Å². The second-order valence-corrected chi connectivity index (χ2v) is 2.76. The Kier molecular flexibility index (Phi) is 1.21. The van der Waals surface area contributed by atoms with Gasteiger partial charge in [-0.3, -0.25) is 4.79 Å². The highest BCUT2D eigenvalue weighted by Gasteiger charge is 2.45. The van der Waals surface area contributed by atoms with E-state index in [2.05, 4.69) is 9.97 Å². The number of nitrogens with zero attached hydrogens (tertiary/aromatic N) is 1. The maximum atomic E-state index is 10.4. The van der Waals surface area contributed by atoms with Gasteiger partial charge in [-0.25, -0.2) is 4.98 Å². The fourth-order valence-electron chi connectivity index (χ4n) is 1.25. The van der Waals surface area contributed by atoms with E-state index < -0.39 is 5.97 Å². The molecule has 2 atom stereocenters. The minimum absolute atomic E-state index is 0.127. The van der Waals surface area contributed by atoms with Crippen LogP contribution in [0.1, 0.15) is 18.2 Å². The Hall–Kier alpha value is -1.32. The van der Waals surface area contributed by atoms with Crippen molar-refractivity contribution in [3.05, 3.63) is 18.2 Å². The SMILES string of the molecule is O=C(O)C1CC1c1ncc[nH]1. The molecule has 1 aromatic heterocycles. The first-order valence-electron chi connectivity index (χ1n) is 3.51. The van der Waals surface area contributed by atoms with Crippen LogP contribution in [0.25, 0.3) is 0 Å². The van der Waals surface area contributed by atoms with E-state index in [0.29, 0.717) is 0 Å². The third kappa shape index (κ3) is 1.00.